The molecule has 2 aromatic carbocycles. The predicted molar refractivity (Wildman–Crippen MR) is 124 cm³/mol. The minimum absolute atomic E-state index is 0.0872. The molecular formula is C21H16N6O4S2. The SMILES string of the molecule is NC(=O)c1ccc(NC(=O)CSc2nnc(NC(=O)c3cc(-c4ccccc4)on3)s2)cc1. The van der Waals surface area contributed by atoms with Gasteiger partial charge in [0.25, 0.3) is 5.91 Å². The van der Waals surface area contributed by atoms with Crippen LogP contribution in [0.3, 0.4) is 0 Å². The molecule has 4 rings (SSSR count). The number of carbonyl (C=O) groups is 3. The van der Waals surface area contributed by atoms with E-state index in [4.69, 9.17) is 10.3 Å². The highest BCUT2D eigenvalue weighted by Gasteiger charge is 2.16. The van der Waals surface area contributed by atoms with Gasteiger partial charge in [0.2, 0.25) is 16.9 Å². The van der Waals surface area contributed by atoms with Gasteiger partial charge < -0.3 is 15.6 Å². The van der Waals surface area contributed by atoms with E-state index in [0.29, 0.717) is 21.4 Å². The summed E-state index contributed by atoms with van der Waals surface area (Å²) in [5.74, 6) is -0.717. The number of nitrogens with zero attached hydrogens (tertiary/aromatic N) is 3. The molecule has 0 saturated heterocycles. The van der Waals surface area contributed by atoms with Gasteiger partial charge in [0.1, 0.15) is 0 Å². The summed E-state index contributed by atoms with van der Waals surface area (Å²) in [4.78, 5) is 35.6. The highest BCUT2D eigenvalue weighted by molar-refractivity contribution is 8.01. The number of hydrogen-bond acceptors (Lipinski definition) is 9. The molecule has 33 heavy (non-hydrogen) atoms. The summed E-state index contributed by atoms with van der Waals surface area (Å²) in [5.41, 5.74) is 7.00. The Hall–Kier alpha value is -4.03. The van der Waals surface area contributed by atoms with E-state index in [0.717, 1.165) is 16.9 Å². The molecular weight excluding hydrogens is 464 g/mol. The Morgan fingerprint density at radius 3 is 2.48 bits per heavy atom. The first-order valence-corrected chi connectivity index (χ1v) is 11.3. The summed E-state index contributed by atoms with van der Waals surface area (Å²) in [7, 11) is 0. The fourth-order valence-corrected chi connectivity index (χ4v) is 4.19. The molecule has 0 fully saturated rings. The number of rotatable bonds is 8. The van der Waals surface area contributed by atoms with Crippen molar-refractivity contribution in [1.29, 1.82) is 0 Å². The Labute approximate surface area is 195 Å². The number of carbonyl (C=O) groups excluding carboxylic acids is 3. The first kappa shape index (κ1) is 22.2. The second kappa shape index (κ2) is 10.1. The molecule has 0 aliphatic rings. The first-order chi connectivity index (χ1) is 16.0. The quantitative estimate of drug-likeness (QED) is 0.256. The van der Waals surface area contributed by atoms with Crippen molar-refractivity contribution in [2.24, 2.45) is 5.73 Å². The zero-order valence-corrected chi connectivity index (χ0v) is 18.5. The third-order valence-corrected chi connectivity index (χ3v) is 6.18. The molecule has 0 spiro atoms. The van der Waals surface area contributed by atoms with Crippen molar-refractivity contribution < 1.29 is 18.9 Å². The van der Waals surface area contributed by atoms with Crippen molar-refractivity contribution in [3.63, 3.8) is 0 Å². The van der Waals surface area contributed by atoms with E-state index in [1.54, 1.807) is 18.2 Å². The molecule has 2 aromatic heterocycles. The van der Waals surface area contributed by atoms with Crippen LogP contribution in [0, 0.1) is 0 Å². The third kappa shape index (κ3) is 5.81. The van der Waals surface area contributed by atoms with Crippen LogP contribution in [0.5, 0.6) is 0 Å². The van der Waals surface area contributed by atoms with Crippen LogP contribution >= 0.6 is 23.1 Å². The van der Waals surface area contributed by atoms with Crippen LogP contribution in [0.1, 0.15) is 20.8 Å². The van der Waals surface area contributed by atoms with Gasteiger partial charge in [0.15, 0.2) is 15.8 Å². The predicted octanol–water partition coefficient (Wildman–Crippen LogP) is 3.28. The lowest BCUT2D eigenvalue weighted by atomic mass is 10.1. The average Bonchev–Trinajstić information content (AvgIpc) is 3.49. The van der Waals surface area contributed by atoms with Gasteiger partial charge in [-0.05, 0) is 24.3 Å². The second-order valence-electron chi connectivity index (χ2n) is 6.55. The fraction of sp³-hybridized carbons (Fsp3) is 0.0476. The molecule has 10 nitrogen and oxygen atoms in total. The van der Waals surface area contributed by atoms with Crippen LogP contribution in [0.25, 0.3) is 11.3 Å². The Balaban J connectivity index is 1.28. The average molecular weight is 481 g/mol. The molecule has 166 valence electrons. The van der Waals surface area contributed by atoms with Gasteiger partial charge in [0, 0.05) is 22.9 Å². The van der Waals surface area contributed by atoms with Crippen LogP contribution in [0.15, 0.2) is 69.5 Å². The molecule has 4 N–H and O–H groups in total. The molecule has 4 aromatic rings. The number of aromatic nitrogens is 3. The molecule has 0 aliphatic carbocycles. The maximum absolute atomic E-state index is 12.4. The van der Waals surface area contributed by atoms with E-state index < -0.39 is 11.8 Å². The molecule has 0 aliphatic heterocycles. The highest BCUT2D eigenvalue weighted by atomic mass is 32.2. The highest BCUT2D eigenvalue weighted by Crippen LogP contribution is 2.26. The van der Waals surface area contributed by atoms with Crippen molar-refractivity contribution >= 4 is 51.6 Å². The maximum Gasteiger partial charge on any atom is 0.279 e. The zero-order chi connectivity index (χ0) is 23.2. The van der Waals surface area contributed by atoms with Crippen molar-refractivity contribution in [3.8, 4) is 11.3 Å². The van der Waals surface area contributed by atoms with Crippen LogP contribution < -0.4 is 16.4 Å². The van der Waals surface area contributed by atoms with E-state index in [-0.39, 0.29) is 22.5 Å². The van der Waals surface area contributed by atoms with E-state index in [1.165, 1.54) is 23.9 Å². The monoisotopic (exact) mass is 480 g/mol. The number of hydrogen-bond donors (Lipinski definition) is 3. The van der Waals surface area contributed by atoms with Gasteiger partial charge in [-0.2, -0.15) is 0 Å². The Bertz CT molecular complexity index is 1290. The van der Waals surface area contributed by atoms with E-state index in [2.05, 4.69) is 26.0 Å². The number of benzene rings is 2. The van der Waals surface area contributed by atoms with E-state index >= 15 is 0 Å². The number of nitrogens with one attached hydrogen (secondary N) is 2. The van der Waals surface area contributed by atoms with Gasteiger partial charge in [-0.1, -0.05) is 58.6 Å². The first-order valence-electron chi connectivity index (χ1n) is 9.47. The molecule has 0 radical (unpaired) electrons. The van der Waals surface area contributed by atoms with Crippen molar-refractivity contribution in [2.75, 3.05) is 16.4 Å². The number of anilines is 2. The van der Waals surface area contributed by atoms with Crippen molar-refractivity contribution in [3.05, 3.63) is 71.9 Å². The lowest BCUT2D eigenvalue weighted by molar-refractivity contribution is -0.113. The summed E-state index contributed by atoms with van der Waals surface area (Å²) in [6.45, 7) is 0. The van der Waals surface area contributed by atoms with Crippen LogP contribution in [-0.2, 0) is 4.79 Å². The van der Waals surface area contributed by atoms with Crippen LogP contribution in [0.2, 0.25) is 0 Å². The van der Waals surface area contributed by atoms with Crippen molar-refractivity contribution in [2.45, 2.75) is 4.34 Å². The van der Waals surface area contributed by atoms with Crippen LogP contribution in [-0.4, -0.2) is 38.8 Å². The standard InChI is InChI=1S/C21H16N6O4S2/c22-18(29)13-6-8-14(9-7-13)23-17(28)11-32-21-26-25-20(33-21)24-19(30)15-10-16(31-27-15)12-4-2-1-3-5-12/h1-10H,11H2,(H2,22,29)(H,23,28)(H,24,25,30). The summed E-state index contributed by atoms with van der Waals surface area (Å²) < 4.78 is 5.74. The van der Waals surface area contributed by atoms with Gasteiger partial charge in [-0.3, -0.25) is 19.7 Å². The molecule has 2 heterocycles. The fourth-order valence-electron chi connectivity index (χ4n) is 2.64. The minimum atomic E-state index is -0.539. The topological polar surface area (TPSA) is 153 Å². The van der Waals surface area contributed by atoms with E-state index in [9.17, 15) is 14.4 Å². The summed E-state index contributed by atoms with van der Waals surface area (Å²) in [6.07, 6.45) is 0. The third-order valence-electron chi connectivity index (χ3n) is 4.21. The molecule has 0 atom stereocenters. The van der Waals surface area contributed by atoms with Crippen molar-refractivity contribution in [1.82, 2.24) is 15.4 Å². The van der Waals surface area contributed by atoms with Gasteiger partial charge >= 0.3 is 0 Å². The van der Waals surface area contributed by atoms with Gasteiger partial charge in [-0.25, -0.2) is 0 Å². The smallest absolute Gasteiger partial charge is 0.279 e. The molecule has 3 amide bonds. The summed E-state index contributed by atoms with van der Waals surface area (Å²) in [5, 5.41) is 17.3. The minimum Gasteiger partial charge on any atom is -0.366 e. The molecule has 0 bridgehead atoms. The summed E-state index contributed by atoms with van der Waals surface area (Å²) >= 11 is 2.31. The number of nitrogens with two attached hydrogens (primary N) is 1. The van der Waals surface area contributed by atoms with Crippen LogP contribution in [0.4, 0.5) is 10.8 Å². The normalized spacial score (nSPS) is 10.5. The largest absolute Gasteiger partial charge is 0.366 e. The van der Waals surface area contributed by atoms with Gasteiger partial charge in [0.05, 0.1) is 5.75 Å². The van der Waals surface area contributed by atoms with Gasteiger partial charge in [-0.15, -0.1) is 10.2 Å². The number of primary amides is 1. The molecule has 0 saturated carbocycles. The Morgan fingerprint density at radius 2 is 1.76 bits per heavy atom. The second-order valence-corrected chi connectivity index (χ2v) is 8.75. The Kier molecular flexibility index (Phi) is 6.76. The Morgan fingerprint density at radius 1 is 1.00 bits per heavy atom. The number of amides is 3. The summed E-state index contributed by atoms with van der Waals surface area (Å²) in [6, 6.07) is 17.1. The lowest BCUT2D eigenvalue weighted by Gasteiger charge is -2.04. The molecule has 12 heteroatoms. The zero-order valence-electron chi connectivity index (χ0n) is 16.8. The number of thioether (sulfide) groups is 1. The lowest BCUT2D eigenvalue weighted by Crippen LogP contribution is -2.14. The molecule has 0 unspecified atom stereocenters. The maximum atomic E-state index is 12.4. The van der Waals surface area contributed by atoms with E-state index in [1.807, 2.05) is 30.3 Å².